The van der Waals surface area contributed by atoms with Gasteiger partial charge in [0.2, 0.25) is 5.91 Å². The van der Waals surface area contributed by atoms with Gasteiger partial charge in [-0.05, 0) is 50.4 Å². The SMILES string of the molecule is CCN(CC)C(=O)[C@@]1(c2cccc(F)c2)C[C@H]1CN. The second-order valence-corrected chi connectivity index (χ2v) is 5.10. The number of nitrogens with zero attached hydrogens (tertiary/aromatic N) is 1. The number of amides is 1. The number of halogens is 1. The van der Waals surface area contributed by atoms with Crippen LogP contribution < -0.4 is 5.73 Å². The van der Waals surface area contributed by atoms with Crippen LogP contribution in [0.2, 0.25) is 0 Å². The van der Waals surface area contributed by atoms with Crippen molar-refractivity contribution in [3.8, 4) is 0 Å². The average Bonchev–Trinajstić information content (AvgIpc) is 3.15. The lowest BCUT2D eigenvalue weighted by atomic mass is 9.91. The Labute approximate surface area is 113 Å². The van der Waals surface area contributed by atoms with Crippen molar-refractivity contribution in [3.05, 3.63) is 35.6 Å². The quantitative estimate of drug-likeness (QED) is 0.883. The van der Waals surface area contributed by atoms with Crippen LogP contribution in [-0.2, 0) is 10.2 Å². The Morgan fingerprint density at radius 2 is 2.16 bits per heavy atom. The zero-order chi connectivity index (χ0) is 14.0. The number of likely N-dealkylation sites (N-methyl/N-ethyl adjacent to an activating group) is 1. The Morgan fingerprint density at radius 1 is 1.47 bits per heavy atom. The fourth-order valence-corrected chi connectivity index (χ4v) is 2.91. The third kappa shape index (κ3) is 2.25. The molecule has 1 aliphatic rings. The minimum absolute atomic E-state index is 0.0820. The molecule has 104 valence electrons. The average molecular weight is 264 g/mol. The van der Waals surface area contributed by atoms with Gasteiger partial charge < -0.3 is 10.6 Å². The molecule has 2 N–H and O–H groups in total. The van der Waals surface area contributed by atoms with E-state index in [1.807, 2.05) is 19.9 Å². The summed E-state index contributed by atoms with van der Waals surface area (Å²) >= 11 is 0. The molecular formula is C15H21FN2O. The lowest BCUT2D eigenvalue weighted by Gasteiger charge is -2.26. The summed E-state index contributed by atoms with van der Waals surface area (Å²) in [6.45, 7) is 5.72. The summed E-state index contributed by atoms with van der Waals surface area (Å²) in [7, 11) is 0. The van der Waals surface area contributed by atoms with Gasteiger partial charge in [0.25, 0.3) is 0 Å². The molecule has 0 bridgehead atoms. The monoisotopic (exact) mass is 264 g/mol. The van der Waals surface area contributed by atoms with Crippen LogP contribution in [0.5, 0.6) is 0 Å². The Hall–Kier alpha value is -1.42. The van der Waals surface area contributed by atoms with E-state index < -0.39 is 5.41 Å². The second kappa shape index (κ2) is 5.29. The molecule has 2 atom stereocenters. The zero-order valence-electron chi connectivity index (χ0n) is 11.5. The van der Waals surface area contributed by atoms with E-state index >= 15 is 0 Å². The first-order chi connectivity index (χ1) is 9.09. The number of carbonyl (C=O) groups excluding carboxylic acids is 1. The third-order valence-corrected chi connectivity index (χ3v) is 4.16. The molecule has 0 saturated heterocycles. The summed E-state index contributed by atoms with van der Waals surface area (Å²) in [6, 6.07) is 6.37. The van der Waals surface area contributed by atoms with Gasteiger partial charge in [-0.2, -0.15) is 0 Å². The molecule has 1 fully saturated rings. The predicted octanol–water partition coefficient (Wildman–Crippen LogP) is 1.91. The summed E-state index contributed by atoms with van der Waals surface area (Å²) < 4.78 is 13.4. The van der Waals surface area contributed by atoms with Gasteiger partial charge >= 0.3 is 0 Å². The molecule has 0 radical (unpaired) electrons. The van der Waals surface area contributed by atoms with Gasteiger partial charge in [0.05, 0.1) is 5.41 Å². The molecule has 0 aliphatic heterocycles. The van der Waals surface area contributed by atoms with Gasteiger partial charge in [-0.25, -0.2) is 4.39 Å². The van der Waals surface area contributed by atoms with E-state index in [0.717, 1.165) is 12.0 Å². The summed E-state index contributed by atoms with van der Waals surface area (Å²) in [5.74, 6) is -0.0900. The predicted molar refractivity (Wildman–Crippen MR) is 73.2 cm³/mol. The number of rotatable bonds is 5. The lowest BCUT2D eigenvalue weighted by Crippen LogP contribution is -2.41. The Balaban J connectivity index is 2.37. The molecule has 1 amide bonds. The molecular weight excluding hydrogens is 243 g/mol. The van der Waals surface area contributed by atoms with E-state index in [1.165, 1.54) is 12.1 Å². The Bertz CT molecular complexity index is 473. The van der Waals surface area contributed by atoms with Crippen molar-refractivity contribution in [1.29, 1.82) is 0 Å². The van der Waals surface area contributed by atoms with Crippen molar-refractivity contribution < 1.29 is 9.18 Å². The number of nitrogens with two attached hydrogens (primary N) is 1. The first-order valence-corrected chi connectivity index (χ1v) is 6.85. The maximum Gasteiger partial charge on any atom is 0.233 e. The number of hydrogen-bond donors (Lipinski definition) is 1. The van der Waals surface area contributed by atoms with Crippen molar-refractivity contribution >= 4 is 5.91 Å². The molecule has 1 saturated carbocycles. The van der Waals surface area contributed by atoms with Crippen LogP contribution in [0.3, 0.4) is 0 Å². The molecule has 1 aromatic rings. The summed E-state index contributed by atoms with van der Waals surface area (Å²) in [6.07, 6.45) is 0.724. The van der Waals surface area contributed by atoms with Gasteiger partial charge in [-0.1, -0.05) is 12.1 Å². The second-order valence-electron chi connectivity index (χ2n) is 5.10. The standard InChI is InChI=1S/C15H21FN2O/c1-3-18(4-2)14(19)15(9-12(15)10-17)11-6-5-7-13(16)8-11/h5-8,12H,3-4,9-10,17H2,1-2H3/t12-,15+/m0/s1. The topological polar surface area (TPSA) is 46.3 Å². The Morgan fingerprint density at radius 3 is 2.63 bits per heavy atom. The first kappa shape index (κ1) is 14.0. The van der Waals surface area contributed by atoms with Crippen LogP contribution in [0, 0.1) is 11.7 Å². The molecule has 2 rings (SSSR count). The smallest absolute Gasteiger partial charge is 0.233 e. The fourth-order valence-electron chi connectivity index (χ4n) is 2.91. The van der Waals surface area contributed by atoms with Crippen LogP contribution >= 0.6 is 0 Å². The van der Waals surface area contributed by atoms with Crippen LogP contribution in [0.4, 0.5) is 4.39 Å². The third-order valence-electron chi connectivity index (χ3n) is 4.16. The van der Waals surface area contributed by atoms with Crippen LogP contribution in [0.25, 0.3) is 0 Å². The van der Waals surface area contributed by atoms with Crippen molar-refractivity contribution in [2.45, 2.75) is 25.7 Å². The van der Waals surface area contributed by atoms with Gasteiger partial charge in [0.15, 0.2) is 0 Å². The Kier molecular flexibility index (Phi) is 3.90. The highest BCUT2D eigenvalue weighted by Crippen LogP contribution is 2.55. The number of benzene rings is 1. The van der Waals surface area contributed by atoms with Gasteiger partial charge in [0, 0.05) is 13.1 Å². The van der Waals surface area contributed by atoms with Crippen molar-refractivity contribution in [1.82, 2.24) is 4.90 Å². The minimum Gasteiger partial charge on any atom is -0.342 e. The van der Waals surface area contributed by atoms with Crippen molar-refractivity contribution in [2.24, 2.45) is 11.7 Å². The lowest BCUT2D eigenvalue weighted by molar-refractivity contribution is -0.134. The molecule has 0 unspecified atom stereocenters. The van der Waals surface area contributed by atoms with E-state index in [1.54, 1.807) is 11.0 Å². The normalized spacial score (nSPS) is 25.2. The summed E-state index contributed by atoms with van der Waals surface area (Å²) in [4.78, 5) is 14.5. The summed E-state index contributed by atoms with van der Waals surface area (Å²) in [5, 5.41) is 0. The molecule has 19 heavy (non-hydrogen) atoms. The molecule has 3 nitrogen and oxygen atoms in total. The first-order valence-electron chi connectivity index (χ1n) is 6.85. The van der Waals surface area contributed by atoms with Crippen LogP contribution in [0.1, 0.15) is 25.8 Å². The molecule has 4 heteroatoms. The number of carbonyl (C=O) groups is 1. The largest absolute Gasteiger partial charge is 0.342 e. The van der Waals surface area contributed by atoms with E-state index in [9.17, 15) is 9.18 Å². The zero-order valence-corrected chi connectivity index (χ0v) is 11.5. The molecule has 0 heterocycles. The van der Waals surface area contributed by atoms with E-state index in [0.29, 0.717) is 19.6 Å². The van der Waals surface area contributed by atoms with Gasteiger partial charge in [-0.3, -0.25) is 4.79 Å². The van der Waals surface area contributed by atoms with Crippen molar-refractivity contribution in [2.75, 3.05) is 19.6 Å². The molecule has 0 spiro atoms. The van der Waals surface area contributed by atoms with Gasteiger partial charge in [-0.15, -0.1) is 0 Å². The maximum absolute atomic E-state index is 13.4. The molecule has 1 aromatic carbocycles. The van der Waals surface area contributed by atoms with E-state index in [4.69, 9.17) is 5.73 Å². The number of hydrogen-bond acceptors (Lipinski definition) is 2. The van der Waals surface area contributed by atoms with Crippen LogP contribution in [0.15, 0.2) is 24.3 Å². The van der Waals surface area contributed by atoms with Crippen LogP contribution in [-0.4, -0.2) is 30.4 Å². The highest BCUT2D eigenvalue weighted by atomic mass is 19.1. The van der Waals surface area contributed by atoms with E-state index in [-0.39, 0.29) is 17.6 Å². The highest BCUT2D eigenvalue weighted by molar-refractivity contribution is 5.92. The van der Waals surface area contributed by atoms with Gasteiger partial charge in [0.1, 0.15) is 5.82 Å². The molecule has 0 aromatic heterocycles. The fraction of sp³-hybridized carbons (Fsp3) is 0.533. The minimum atomic E-state index is -0.594. The summed E-state index contributed by atoms with van der Waals surface area (Å²) in [5.41, 5.74) is 5.91. The molecule has 1 aliphatic carbocycles. The van der Waals surface area contributed by atoms with Crippen molar-refractivity contribution in [3.63, 3.8) is 0 Å². The van der Waals surface area contributed by atoms with E-state index in [2.05, 4.69) is 0 Å². The maximum atomic E-state index is 13.4. The highest BCUT2D eigenvalue weighted by Gasteiger charge is 2.61.